The number of esters is 1. The van der Waals surface area contributed by atoms with Crippen LogP contribution in [0, 0.1) is 11.8 Å². The number of carbonyl (C=O) groups is 1. The summed E-state index contributed by atoms with van der Waals surface area (Å²) in [4.78, 5) is 11.5. The number of ether oxygens (including phenoxy) is 1. The van der Waals surface area contributed by atoms with Gasteiger partial charge in [-0.1, -0.05) is 51.0 Å². The fraction of sp³-hybridized carbons (Fsp3) is 0.632. The molecule has 128 valence electrons. The van der Waals surface area contributed by atoms with Crippen LogP contribution in [0.15, 0.2) is 24.3 Å². The Morgan fingerprint density at radius 1 is 1.26 bits per heavy atom. The summed E-state index contributed by atoms with van der Waals surface area (Å²) in [6.07, 6.45) is 11.6. The highest BCUT2D eigenvalue weighted by atomic mass is 28.4. The van der Waals surface area contributed by atoms with E-state index in [0.29, 0.717) is 13.0 Å². The third-order valence-electron chi connectivity index (χ3n) is 4.32. The lowest BCUT2D eigenvalue weighted by atomic mass is 10.2. The molecule has 23 heavy (non-hydrogen) atoms. The minimum absolute atomic E-state index is 0.0937. The molecule has 1 aliphatic rings. The molecule has 0 saturated carbocycles. The van der Waals surface area contributed by atoms with Crippen molar-refractivity contribution in [3.8, 4) is 11.8 Å². The van der Waals surface area contributed by atoms with Crippen LogP contribution in [-0.2, 0) is 14.0 Å². The van der Waals surface area contributed by atoms with Crippen molar-refractivity contribution in [2.24, 2.45) is 0 Å². The van der Waals surface area contributed by atoms with E-state index in [-0.39, 0.29) is 11.1 Å². The Morgan fingerprint density at radius 3 is 2.70 bits per heavy atom. The lowest BCUT2D eigenvalue weighted by molar-refractivity contribution is -0.136. The Kier molecular flexibility index (Phi) is 7.81. The monoisotopic (exact) mass is 334 g/mol. The molecule has 3 nitrogen and oxygen atoms in total. The Hall–Kier alpha value is -1.31. The van der Waals surface area contributed by atoms with Crippen molar-refractivity contribution in [2.75, 3.05) is 6.61 Å². The second-order valence-corrected chi connectivity index (χ2v) is 12.1. The summed E-state index contributed by atoms with van der Waals surface area (Å²) in [7, 11) is -1.88. The van der Waals surface area contributed by atoms with Crippen LogP contribution in [0.25, 0.3) is 0 Å². The molecule has 1 heterocycles. The summed E-state index contributed by atoms with van der Waals surface area (Å²) < 4.78 is 11.5. The number of rotatable bonds is 2. The zero-order valence-electron chi connectivity index (χ0n) is 15.1. The van der Waals surface area contributed by atoms with E-state index in [4.69, 9.17) is 9.16 Å². The van der Waals surface area contributed by atoms with Gasteiger partial charge in [0, 0.05) is 12.3 Å². The number of hydrogen-bond donors (Lipinski definition) is 0. The van der Waals surface area contributed by atoms with Crippen LogP contribution < -0.4 is 0 Å². The van der Waals surface area contributed by atoms with Crippen LogP contribution in [0.3, 0.4) is 0 Å². The number of carbonyl (C=O) groups excluding carboxylic acids is 1. The molecule has 0 radical (unpaired) electrons. The molecule has 0 bridgehead atoms. The minimum atomic E-state index is -1.88. The van der Waals surface area contributed by atoms with Gasteiger partial charge in [-0.15, -0.1) is 0 Å². The van der Waals surface area contributed by atoms with Gasteiger partial charge in [-0.2, -0.15) is 0 Å². The van der Waals surface area contributed by atoms with Crippen LogP contribution >= 0.6 is 0 Å². The predicted molar refractivity (Wildman–Crippen MR) is 97.6 cm³/mol. The zero-order valence-corrected chi connectivity index (χ0v) is 16.1. The first kappa shape index (κ1) is 19.7. The zero-order chi connectivity index (χ0) is 17.3. The summed E-state index contributed by atoms with van der Waals surface area (Å²) >= 11 is 0. The molecule has 0 N–H and O–H groups in total. The maximum atomic E-state index is 11.5. The molecule has 0 aromatic rings. The maximum absolute atomic E-state index is 11.5. The third-order valence-corrected chi connectivity index (χ3v) is 8.82. The first-order valence-electron chi connectivity index (χ1n) is 8.39. The second kappa shape index (κ2) is 9.10. The Morgan fingerprint density at radius 2 is 2.00 bits per heavy atom. The van der Waals surface area contributed by atoms with Crippen molar-refractivity contribution in [2.45, 2.75) is 70.7 Å². The normalized spacial score (nSPS) is 23.9. The SMILES string of the molecule is CC(C)(C)[Si](C)(C)OC1/C=C\C=C\CCCCOC(=O)C#CC1. The third kappa shape index (κ3) is 7.67. The summed E-state index contributed by atoms with van der Waals surface area (Å²) in [6, 6.07) is 0. The largest absolute Gasteiger partial charge is 0.456 e. The van der Waals surface area contributed by atoms with Gasteiger partial charge in [0.05, 0.1) is 12.7 Å². The molecule has 0 amide bonds. The van der Waals surface area contributed by atoms with Gasteiger partial charge < -0.3 is 9.16 Å². The molecular formula is C19H30O3Si. The van der Waals surface area contributed by atoms with E-state index in [9.17, 15) is 4.79 Å². The molecule has 0 fully saturated rings. The van der Waals surface area contributed by atoms with Crippen molar-refractivity contribution in [3.05, 3.63) is 24.3 Å². The minimum Gasteiger partial charge on any atom is -0.456 e. The van der Waals surface area contributed by atoms with E-state index in [1.165, 1.54) is 0 Å². The van der Waals surface area contributed by atoms with E-state index in [0.717, 1.165) is 19.3 Å². The van der Waals surface area contributed by atoms with Gasteiger partial charge >= 0.3 is 5.97 Å². The fourth-order valence-corrected chi connectivity index (χ4v) is 3.13. The van der Waals surface area contributed by atoms with Crippen molar-refractivity contribution in [1.29, 1.82) is 0 Å². The summed E-state index contributed by atoms with van der Waals surface area (Å²) in [5.41, 5.74) is 0. The van der Waals surface area contributed by atoms with Gasteiger partial charge in [0.2, 0.25) is 0 Å². The number of cyclic esters (lactones) is 1. The molecule has 1 unspecified atom stereocenters. The van der Waals surface area contributed by atoms with E-state index < -0.39 is 14.3 Å². The van der Waals surface area contributed by atoms with Crippen molar-refractivity contribution >= 4 is 14.3 Å². The Labute approximate surface area is 142 Å². The van der Waals surface area contributed by atoms with Crippen LogP contribution in [-0.4, -0.2) is 27.0 Å². The molecular weight excluding hydrogens is 304 g/mol. The van der Waals surface area contributed by atoms with E-state index in [1.807, 2.05) is 12.2 Å². The Balaban J connectivity index is 2.85. The summed E-state index contributed by atoms with van der Waals surface area (Å²) in [6.45, 7) is 11.5. The quantitative estimate of drug-likeness (QED) is 0.320. The molecule has 0 spiro atoms. The smallest absolute Gasteiger partial charge is 0.384 e. The lowest BCUT2D eigenvalue weighted by Crippen LogP contribution is -2.43. The second-order valence-electron chi connectivity index (χ2n) is 7.37. The first-order valence-corrected chi connectivity index (χ1v) is 11.3. The van der Waals surface area contributed by atoms with Gasteiger partial charge in [0.15, 0.2) is 8.32 Å². The number of allylic oxidation sites excluding steroid dienone is 3. The van der Waals surface area contributed by atoms with E-state index in [1.54, 1.807) is 0 Å². The lowest BCUT2D eigenvalue weighted by Gasteiger charge is -2.38. The van der Waals surface area contributed by atoms with Gasteiger partial charge in [-0.05, 0) is 37.4 Å². The van der Waals surface area contributed by atoms with Crippen LogP contribution in [0.1, 0.15) is 46.5 Å². The van der Waals surface area contributed by atoms with Gasteiger partial charge in [-0.25, -0.2) is 4.79 Å². The van der Waals surface area contributed by atoms with Crippen molar-refractivity contribution < 1.29 is 14.0 Å². The first-order chi connectivity index (χ1) is 10.7. The molecule has 0 saturated heterocycles. The molecule has 0 aromatic carbocycles. The van der Waals surface area contributed by atoms with Gasteiger partial charge in [-0.3, -0.25) is 0 Å². The average molecular weight is 335 g/mol. The summed E-state index contributed by atoms with van der Waals surface area (Å²) in [5.74, 6) is 5.04. The molecule has 1 rings (SSSR count). The molecule has 0 aromatic heterocycles. The number of hydrogen-bond acceptors (Lipinski definition) is 3. The van der Waals surface area contributed by atoms with Gasteiger partial charge in [0.25, 0.3) is 0 Å². The van der Waals surface area contributed by atoms with Crippen LogP contribution in [0.5, 0.6) is 0 Å². The standard InChI is InChI=1S/C19H30O3Si/c1-19(2,3)23(4,5)22-17-13-10-8-6-7-9-11-16-21-18(20)15-12-14-17/h6,8,10,13,17H,7,9,11,14,16H2,1-5H3/b8-6+,13-10-. The van der Waals surface area contributed by atoms with E-state index >= 15 is 0 Å². The molecule has 1 atom stereocenters. The maximum Gasteiger partial charge on any atom is 0.384 e. The highest BCUT2D eigenvalue weighted by Crippen LogP contribution is 2.37. The predicted octanol–water partition coefficient (Wildman–Crippen LogP) is 4.61. The topological polar surface area (TPSA) is 35.5 Å². The highest BCUT2D eigenvalue weighted by Gasteiger charge is 2.38. The fourth-order valence-electron chi connectivity index (χ4n) is 1.86. The molecule has 4 heteroatoms. The molecule has 0 aliphatic carbocycles. The van der Waals surface area contributed by atoms with Crippen molar-refractivity contribution in [1.82, 2.24) is 0 Å². The highest BCUT2D eigenvalue weighted by molar-refractivity contribution is 6.74. The van der Waals surface area contributed by atoms with Gasteiger partial charge in [0.1, 0.15) is 0 Å². The average Bonchev–Trinajstić information content (AvgIpc) is 2.43. The van der Waals surface area contributed by atoms with E-state index in [2.05, 4.69) is 57.9 Å². The Bertz CT molecular complexity index is 501. The summed E-state index contributed by atoms with van der Waals surface area (Å²) in [5, 5.41) is 0.141. The van der Waals surface area contributed by atoms with Crippen LogP contribution in [0.2, 0.25) is 18.1 Å². The van der Waals surface area contributed by atoms with Crippen molar-refractivity contribution in [3.63, 3.8) is 0 Å². The van der Waals surface area contributed by atoms with Crippen LogP contribution in [0.4, 0.5) is 0 Å². The molecule has 1 aliphatic heterocycles.